The number of benzene rings is 2. The zero-order chi connectivity index (χ0) is 18.4. The second kappa shape index (κ2) is 8.87. The van der Waals surface area contributed by atoms with Gasteiger partial charge < -0.3 is 9.73 Å². The Morgan fingerprint density at radius 2 is 1.88 bits per heavy atom. The van der Waals surface area contributed by atoms with Crippen LogP contribution in [0.3, 0.4) is 0 Å². The number of hydrogen-bond acceptors (Lipinski definition) is 5. The van der Waals surface area contributed by atoms with E-state index in [-0.39, 0.29) is 11.2 Å². The number of thioether (sulfide) groups is 1. The Labute approximate surface area is 161 Å². The molecule has 0 aliphatic carbocycles. The molecule has 0 radical (unpaired) electrons. The van der Waals surface area contributed by atoms with Gasteiger partial charge in [0.1, 0.15) is 0 Å². The van der Waals surface area contributed by atoms with E-state index in [2.05, 4.69) is 15.5 Å². The monoisotopic (exact) mass is 387 g/mol. The molecule has 0 saturated heterocycles. The van der Waals surface area contributed by atoms with Crippen molar-refractivity contribution in [1.29, 1.82) is 0 Å². The number of carbonyl (C=O) groups excluding carboxylic acids is 1. The van der Waals surface area contributed by atoms with Crippen molar-refractivity contribution in [2.45, 2.75) is 30.4 Å². The number of aromatic nitrogens is 2. The molecule has 1 heterocycles. The highest BCUT2D eigenvalue weighted by Crippen LogP contribution is 2.23. The maximum Gasteiger partial charge on any atom is 0.277 e. The predicted molar refractivity (Wildman–Crippen MR) is 102 cm³/mol. The van der Waals surface area contributed by atoms with E-state index in [9.17, 15) is 4.79 Å². The number of carbonyl (C=O) groups is 1. The summed E-state index contributed by atoms with van der Waals surface area (Å²) in [6.45, 7) is 2.18. The average molecular weight is 388 g/mol. The summed E-state index contributed by atoms with van der Waals surface area (Å²) in [6, 6.07) is 17.3. The third-order valence-electron chi connectivity index (χ3n) is 3.70. The van der Waals surface area contributed by atoms with Crippen LogP contribution < -0.4 is 5.32 Å². The van der Waals surface area contributed by atoms with Crippen molar-refractivity contribution in [1.82, 2.24) is 15.5 Å². The Morgan fingerprint density at radius 1 is 1.15 bits per heavy atom. The van der Waals surface area contributed by atoms with Gasteiger partial charge in [-0.05, 0) is 24.1 Å². The van der Waals surface area contributed by atoms with Crippen LogP contribution in [-0.4, -0.2) is 21.4 Å². The van der Waals surface area contributed by atoms with Crippen molar-refractivity contribution in [3.8, 4) is 0 Å². The van der Waals surface area contributed by atoms with Gasteiger partial charge in [-0.15, -0.1) is 10.2 Å². The number of nitrogens with zero attached hydrogens (tertiary/aromatic N) is 2. The molecule has 7 heteroatoms. The lowest BCUT2D eigenvalue weighted by molar-refractivity contribution is -0.120. The van der Waals surface area contributed by atoms with Gasteiger partial charge in [0.2, 0.25) is 11.8 Å². The molecule has 0 bridgehead atoms. The number of halogens is 1. The van der Waals surface area contributed by atoms with Gasteiger partial charge >= 0.3 is 0 Å². The Bertz CT molecular complexity index is 870. The largest absolute Gasteiger partial charge is 0.416 e. The molecule has 0 fully saturated rings. The zero-order valence-electron chi connectivity index (χ0n) is 14.2. The molecule has 0 unspecified atom stereocenters. The molecule has 3 rings (SSSR count). The molecule has 0 aliphatic heterocycles. The van der Waals surface area contributed by atoms with Gasteiger partial charge in [-0.1, -0.05) is 71.9 Å². The molecule has 1 atom stereocenters. The Morgan fingerprint density at radius 3 is 2.65 bits per heavy atom. The van der Waals surface area contributed by atoms with Gasteiger partial charge in [0.05, 0.1) is 11.7 Å². The van der Waals surface area contributed by atoms with Crippen LogP contribution in [0.15, 0.2) is 64.2 Å². The SMILES string of the molecule is C[C@@H](Sc1nnc(Cc2ccccc2)o1)C(=O)NCc1ccccc1Cl. The van der Waals surface area contributed by atoms with Crippen LogP contribution in [0, 0.1) is 0 Å². The molecule has 3 aromatic rings. The Hall–Kier alpha value is -2.31. The van der Waals surface area contributed by atoms with Crippen molar-refractivity contribution < 1.29 is 9.21 Å². The normalized spacial score (nSPS) is 11.9. The van der Waals surface area contributed by atoms with Crippen LogP contribution in [0.1, 0.15) is 23.9 Å². The highest BCUT2D eigenvalue weighted by Gasteiger charge is 2.18. The molecule has 134 valence electrons. The molecule has 1 amide bonds. The van der Waals surface area contributed by atoms with Crippen molar-refractivity contribution >= 4 is 29.3 Å². The van der Waals surface area contributed by atoms with Crippen LogP contribution in [0.25, 0.3) is 0 Å². The number of hydrogen-bond donors (Lipinski definition) is 1. The summed E-state index contributed by atoms with van der Waals surface area (Å²) >= 11 is 7.33. The molecule has 1 N–H and O–H groups in total. The van der Waals surface area contributed by atoms with Crippen LogP contribution in [-0.2, 0) is 17.8 Å². The minimum atomic E-state index is -0.359. The summed E-state index contributed by atoms with van der Waals surface area (Å²) in [7, 11) is 0. The lowest BCUT2D eigenvalue weighted by Gasteiger charge is -2.10. The van der Waals surface area contributed by atoms with Gasteiger partial charge in [0.15, 0.2) is 0 Å². The van der Waals surface area contributed by atoms with E-state index in [1.807, 2.05) is 48.5 Å². The molecule has 0 spiro atoms. The average Bonchev–Trinajstić information content (AvgIpc) is 3.08. The van der Waals surface area contributed by atoms with Crippen molar-refractivity contribution in [3.63, 3.8) is 0 Å². The first-order valence-electron chi connectivity index (χ1n) is 8.16. The van der Waals surface area contributed by atoms with E-state index in [0.29, 0.717) is 29.1 Å². The van der Waals surface area contributed by atoms with Crippen LogP contribution in [0.5, 0.6) is 0 Å². The first kappa shape index (κ1) is 18.5. The minimum Gasteiger partial charge on any atom is -0.416 e. The second-order valence-electron chi connectivity index (χ2n) is 5.69. The smallest absolute Gasteiger partial charge is 0.277 e. The van der Waals surface area contributed by atoms with Crippen LogP contribution in [0.2, 0.25) is 5.02 Å². The molecule has 26 heavy (non-hydrogen) atoms. The first-order valence-corrected chi connectivity index (χ1v) is 9.41. The number of nitrogens with one attached hydrogen (secondary N) is 1. The van der Waals surface area contributed by atoms with Gasteiger partial charge in [-0.2, -0.15) is 0 Å². The van der Waals surface area contributed by atoms with Gasteiger partial charge in [0, 0.05) is 11.6 Å². The third-order valence-corrected chi connectivity index (χ3v) is 5.01. The maximum atomic E-state index is 12.3. The third kappa shape index (κ3) is 5.09. The lowest BCUT2D eigenvalue weighted by Crippen LogP contribution is -2.30. The Balaban J connectivity index is 1.52. The van der Waals surface area contributed by atoms with Crippen LogP contribution in [0.4, 0.5) is 0 Å². The highest BCUT2D eigenvalue weighted by molar-refractivity contribution is 8.00. The van der Waals surface area contributed by atoms with E-state index in [4.69, 9.17) is 16.0 Å². The molecular formula is C19H18ClN3O2S. The van der Waals surface area contributed by atoms with E-state index >= 15 is 0 Å². The lowest BCUT2D eigenvalue weighted by atomic mass is 10.2. The molecule has 2 aromatic carbocycles. The minimum absolute atomic E-state index is 0.113. The second-order valence-corrected chi connectivity index (χ2v) is 7.39. The number of amides is 1. The topological polar surface area (TPSA) is 68.0 Å². The first-order chi connectivity index (χ1) is 12.6. The summed E-state index contributed by atoms with van der Waals surface area (Å²) in [4.78, 5) is 12.3. The van der Waals surface area contributed by atoms with Crippen molar-refractivity contribution in [3.05, 3.63) is 76.6 Å². The van der Waals surface area contributed by atoms with E-state index < -0.39 is 0 Å². The van der Waals surface area contributed by atoms with Gasteiger partial charge in [-0.3, -0.25) is 4.79 Å². The molecule has 0 aliphatic rings. The fourth-order valence-electron chi connectivity index (χ4n) is 2.30. The fraction of sp³-hybridized carbons (Fsp3) is 0.211. The molecule has 5 nitrogen and oxygen atoms in total. The summed E-state index contributed by atoms with van der Waals surface area (Å²) in [5.74, 6) is 0.417. The predicted octanol–water partition coefficient (Wildman–Crippen LogP) is 4.11. The quantitative estimate of drug-likeness (QED) is 0.618. The highest BCUT2D eigenvalue weighted by atomic mass is 35.5. The maximum absolute atomic E-state index is 12.3. The fourth-order valence-corrected chi connectivity index (χ4v) is 3.23. The molecule has 1 aromatic heterocycles. The van der Waals surface area contributed by atoms with E-state index in [0.717, 1.165) is 11.1 Å². The van der Waals surface area contributed by atoms with Crippen molar-refractivity contribution in [2.24, 2.45) is 0 Å². The molecular weight excluding hydrogens is 370 g/mol. The van der Waals surface area contributed by atoms with Crippen molar-refractivity contribution in [2.75, 3.05) is 0 Å². The Kier molecular flexibility index (Phi) is 6.30. The van der Waals surface area contributed by atoms with Gasteiger partial charge in [0.25, 0.3) is 5.22 Å². The summed E-state index contributed by atoms with van der Waals surface area (Å²) in [5.41, 5.74) is 1.97. The van der Waals surface area contributed by atoms with E-state index in [1.165, 1.54) is 11.8 Å². The van der Waals surface area contributed by atoms with E-state index in [1.54, 1.807) is 13.0 Å². The molecule has 0 saturated carbocycles. The van der Waals surface area contributed by atoms with Crippen LogP contribution >= 0.6 is 23.4 Å². The summed E-state index contributed by atoms with van der Waals surface area (Å²) < 4.78 is 5.63. The summed E-state index contributed by atoms with van der Waals surface area (Å²) in [6.07, 6.45) is 0.571. The zero-order valence-corrected chi connectivity index (χ0v) is 15.8. The number of rotatable bonds is 7. The summed E-state index contributed by atoms with van der Waals surface area (Å²) in [5, 5.41) is 11.6. The van der Waals surface area contributed by atoms with Gasteiger partial charge in [-0.25, -0.2) is 0 Å². The standard InChI is InChI=1S/C19H18ClN3O2S/c1-13(18(24)21-12-15-9-5-6-10-16(15)20)26-19-23-22-17(25-19)11-14-7-3-2-4-8-14/h2-10,13H,11-12H2,1H3,(H,21,24)/t13-/m1/s1.